The molecule has 150 valence electrons. The van der Waals surface area contributed by atoms with Crippen LogP contribution in [0.5, 0.6) is 0 Å². The van der Waals surface area contributed by atoms with Crippen LogP contribution >= 0.6 is 0 Å². The number of anilines is 2. The fraction of sp³-hybridized carbons (Fsp3) is 0.304. The molecule has 0 spiro atoms. The molecule has 2 aliphatic rings. The largest absolute Gasteiger partial charge is 0.373 e. The van der Waals surface area contributed by atoms with E-state index in [2.05, 4.69) is 43.1 Å². The second-order valence-corrected chi connectivity index (χ2v) is 7.82. The highest BCUT2D eigenvalue weighted by Crippen LogP contribution is 2.47. The second-order valence-electron chi connectivity index (χ2n) is 7.82. The Labute approximate surface area is 174 Å². The van der Waals surface area contributed by atoms with Crippen molar-refractivity contribution in [3.63, 3.8) is 0 Å². The van der Waals surface area contributed by atoms with Crippen molar-refractivity contribution in [3.05, 3.63) is 53.7 Å². The Balaban J connectivity index is 1.54. The molecule has 4 heterocycles. The summed E-state index contributed by atoms with van der Waals surface area (Å²) in [6, 6.07) is 5.93. The van der Waals surface area contributed by atoms with Gasteiger partial charge in [0.05, 0.1) is 28.6 Å². The van der Waals surface area contributed by atoms with Crippen LogP contribution in [0.3, 0.4) is 0 Å². The van der Waals surface area contributed by atoms with Crippen LogP contribution in [0.15, 0.2) is 36.8 Å². The predicted molar refractivity (Wildman–Crippen MR) is 116 cm³/mol. The minimum Gasteiger partial charge on any atom is -0.373 e. The number of hydrogen-bond acceptors (Lipinski definition) is 6. The molecule has 1 aliphatic heterocycles. The van der Waals surface area contributed by atoms with Crippen molar-refractivity contribution in [3.8, 4) is 11.8 Å². The minimum absolute atomic E-state index is 0.323. The standard InChI is InChI=1S/C23H22N6O/c1-25-21-19-14-27-20(23(7-8-23)22(24)30)11-18(19)15(12-28-21)3-4-16-5-6-17(13-26-16)29-9-2-10-29/h5-6,11-14H,2,7-10H2,1H3,(H2,24,30)(H,25,28). The van der Waals surface area contributed by atoms with Crippen molar-refractivity contribution in [2.75, 3.05) is 30.4 Å². The maximum Gasteiger partial charge on any atom is 0.229 e. The van der Waals surface area contributed by atoms with Crippen LogP contribution in [0.25, 0.3) is 10.8 Å². The van der Waals surface area contributed by atoms with Crippen LogP contribution in [0.4, 0.5) is 11.5 Å². The van der Waals surface area contributed by atoms with E-state index in [1.807, 2.05) is 25.4 Å². The number of nitrogens with one attached hydrogen (secondary N) is 1. The maximum absolute atomic E-state index is 12.0. The molecule has 1 amide bonds. The molecule has 7 heteroatoms. The predicted octanol–water partition coefficient (Wildman–Crippen LogP) is 2.19. The molecule has 3 N–H and O–H groups in total. The van der Waals surface area contributed by atoms with Crippen molar-refractivity contribution < 1.29 is 4.79 Å². The number of rotatable bonds is 4. The molecule has 0 atom stereocenters. The van der Waals surface area contributed by atoms with Gasteiger partial charge in [0.1, 0.15) is 11.5 Å². The van der Waals surface area contributed by atoms with Gasteiger partial charge < -0.3 is 16.0 Å². The number of amides is 1. The lowest BCUT2D eigenvalue weighted by Gasteiger charge is -2.32. The number of nitrogens with two attached hydrogens (primary N) is 1. The lowest BCUT2D eigenvalue weighted by molar-refractivity contribution is -0.120. The number of primary amides is 1. The van der Waals surface area contributed by atoms with Gasteiger partial charge in [0.25, 0.3) is 0 Å². The van der Waals surface area contributed by atoms with E-state index in [1.165, 1.54) is 6.42 Å². The molecule has 0 aromatic carbocycles. The molecule has 1 saturated carbocycles. The molecule has 1 saturated heterocycles. The molecule has 3 aromatic heterocycles. The van der Waals surface area contributed by atoms with Crippen molar-refractivity contribution in [1.82, 2.24) is 15.0 Å². The monoisotopic (exact) mass is 398 g/mol. The summed E-state index contributed by atoms with van der Waals surface area (Å²) in [7, 11) is 1.82. The van der Waals surface area contributed by atoms with Crippen LogP contribution in [-0.4, -0.2) is 41.0 Å². The first-order valence-corrected chi connectivity index (χ1v) is 10.1. The molecule has 0 radical (unpaired) electrons. The van der Waals surface area contributed by atoms with E-state index < -0.39 is 5.41 Å². The van der Waals surface area contributed by atoms with E-state index in [4.69, 9.17) is 5.73 Å². The first kappa shape index (κ1) is 18.4. The summed E-state index contributed by atoms with van der Waals surface area (Å²) in [6.07, 6.45) is 8.06. The summed E-state index contributed by atoms with van der Waals surface area (Å²) < 4.78 is 0. The van der Waals surface area contributed by atoms with E-state index in [-0.39, 0.29) is 5.91 Å². The Kier molecular flexibility index (Phi) is 4.28. The number of pyridine rings is 3. The van der Waals surface area contributed by atoms with Gasteiger partial charge in [-0.3, -0.25) is 9.78 Å². The van der Waals surface area contributed by atoms with Gasteiger partial charge in [-0.1, -0.05) is 5.92 Å². The maximum atomic E-state index is 12.0. The van der Waals surface area contributed by atoms with Crippen LogP contribution in [0, 0.1) is 11.8 Å². The van der Waals surface area contributed by atoms with Gasteiger partial charge in [0.15, 0.2) is 0 Å². The van der Waals surface area contributed by atoms with Gasteiger partial charge in [-0.2, -0.15) is 0 Å². The van der Waals surface area contributed by atoms with Crippen LogP contribution < -0.4 is 16.0 Å². The summed E-state index contributed by atoms with van der Waals surface area (Å²) >= 11 is 0. The summed E-state index contributed by atoms with van der Waals surface area (Å²) in [5.74, 6) is 6.73. The van der Waals surface area contributed by atoms with E-state index >= 15 is 0 Å². The molecular weight excluding hydrogens is 376 g/mol. The first-order valence-electron chi connectivity index (χ1n) is 10.1. The topological polar surface area (TPSA) is 97.0 Å². The van der Waals surface area contributed by atoms with Crippen molar-refractivity contribution >= 4 is 28.2 Å². The zero-order chi connectivity index (χ0) is 20.7. The highest BCUT2D eigenvalue weighted by molar-refractivity contribution is 5.97. The van der Waals surface area contributed by atoms with Gasteiger partial charge in [-0.25, -0.2) is 9.97 Å². The zero-order valence-electron chi connectivity index (χ0n) is 16.8. The molecule has 5 rings (SSSR count). The van der Waals surface area contributed by atoms with Crippen LogP contribution in [-0.2, 0) is 10.2 Å². The quantitative estimate of drug-likeness (QED) is 0.654. The van der Waals surface area contributed by atoms with Gasteiger partial charge >= 0.3 is 0 Å². The SMILES string of the molecule is CNc1ncc(C#Cc2ccc(N3CCC3)cn2)c2cc(C3(C(N)=O)CC3)ncc12. The molecule has 1 aliphatic carbocycles. The number of carbonyl (C=O) groups is 1. The highest BCUT2D eigenvalue weighted by atomic mass is 16.1. The first-order chi connectivity index (χ1) is 14.6. The normalized spacial score (nSPS) is 16.4. The van der Waals surface area contributed by atoms with Gasteiger partial charge in [0, 0.05) is 43.3 Å². The number of carbonyl (C=O) groups excluding carboxylic acids is 1. The summed E-state index contributed by atoms with van der Waals surface area (Å²) in [4.78, 5) is 27.7. The molecule has 2 fully saturated rings. The third kappa shape index (κ3) is 3.01. The Morgan fingerprint density at radius 2 is 1.93 bits per heavy atom. The van der Waals surface area contributed by atoms with E-state index in [0.717, 1.165) is 53.8 Å². The number of fused-ring (bicyclic) bond motifs is 1. The van der Waals surface area contributed by atoms with Crippen LogP contribution in [0.1, 0.15) is 36.2 Å². The highest BCUT2D eigenvalue weighted by Gasteiger charge is 2.51. The van der Waals surface area contributed by atoms with E-state index in [1.54, 1.807) is 12.4 Å². The Hall–Kier alpha value is -3.66. The van der Waals surface area contributed by atoms with Gasteiger partial charge in [-0.15, -0.1) is 0 Å². The number of aromatic nitrogens is 3. The molecule has 30 heavy (non-hydrogen) atoms. The fourth-order valence-electron chi connectivity index (χ4n) is 3.80. The third-order valence-corrected chi connectivity index (χ3v) is 6.02. The zero-order valence-corrected chi connectivity index (χ0v) is 16.8. The Morgan fingerprint density at radius 3 is 2.53 bits per heavy atom. The fourth-order valence-corrected chi connectivity index (χ4v) is 3.80. The molecule has 7 nitrogen and oxygen atoms in total. The summed E-state index contributed by atoms with van der Waals surface area (Å²) in [6.45, 7) is 2.18. The van der Waals surface area contributed by atoms with Crippen molar-refractivity contribution in [2.24, 2.45) is 5.73 Å². The second kappa shape index (κ2) is 6.99. The Morgan fingerprint density at radius 1 is 1.10 bits per heavy atom. The molecule has 3 aromatic rings. The average molecular weight is 398 g/mol. The van der Waals surface area contributed by atoms with Gasteiger partial charge in [-0.05, 0) is 43.4 Å². The van der Waals surface area contributed by atoms with Crippen molar-refractivity contribution in [2.45, 2.75) is 24.7 Å². The summed E-state index contributed by atoms with van der Waals surface area (Å²) in [5.41, 5.74) is 8.31. The average Bonchev–Trinajstić information content (AvgIpc) is 3.53. The lowest BCUT2D eigenvalue weighted by atomic mass is 9.98. The minimum atomic E-state index is -0.643. The lowest BCUT2D eigenvalue weighted by Crippen LogP contribution is -2.36. The van der Waals surface area contributed by atoms with Crippen LogP contribution in [0.2, 0.25) is 0 Å². The third-order valence-electron chi connectivity index (χ3n) is 6.02. The van der Waals surface area contributed by atoms with Crippen molar-refractivity contribution in [1.29, 1.82) is 0 Å². The van der Waals surface area contributed by atoms with E-state index in [0.29, 0.717) is 11.4 Å². The number of nitrogens with zero attached hydrogens (tertiary/aromatic N) is 4. The molecule has 0 bridgehead atoms. The summed E-state index contributed by atoms with van der Waals surface area (Å²) in [5, 5.41) is 4.84. The molecular formula is C23H22N6O. The molecule has 0 unspecified atom stereocenters. The smallest absolute Gasteiger partial charge is 0.229 e. The number of hydrogen-bond donors (Lipinski definition) is 2. The van der Waals surface area contributed by atoms with Gasteiger partial charge in [0.2, 0.25) is 5.91 Å². The Bertz CT molecular complexity index is 1200. The van der Waals surface area contributed by atoms with E-state index in [9.17, 15) is 4.79 Å².